The molecule has 0 bridgehead atoms. The molecule has 0 aromatic heterocycles. The summed E-state index contributed by atoms with van der Waals surface area (Å²) in [6, 6.07) is 0. The molecular formula is C13H20. The molecule has 0 fully saturated rings. The summed E-state index contributed by atoms with van der Waals surface area (Å²) in [5.41, 5.74) is 5.97. The van der Waals surface area contributed by atoms with Crippen LogP contribution in [0.25, 0.3) is 0 Å². The SMILES string of the molecule is C=C=CCC(C=C=CC)CCCC. The fraction of sp³-hybridized carbons (Fsp3) is 0.538. The van der Waals surface area contributed by atoms with Gasteiger partial charge >= 0.3 is 0 Å². The van der Waals surface area contributed by atoms with E-state index in [1.165, 1.54) is 19.3 Å². The van der Waals surface area contributed by atoms with E-state index in [0.29, 0.717) is 5.92 Å². The lowest BCUT2D eigenvalue weighted by molar-refractivity contribution is 0.562. The molecule has 72 valence electrons. The summed E-state index contributed by atoms with van der Waals surface area (Å²) in [6.45, 7) is 7.79. The summed E-state index contributed by atoms with van der Waals surface area (Å²) >= 11 is 0. The minimum absolute atomic E-state index is 0.616. The Kier molecular flexibility index (Phi) is 8.46. The Morgan fingerprint density at radius 2 is 2.23 bits per heavy atom. The second kappa shape index (κ2) is 9.13. The minimum Gasteiger partial charge on any atom is -0.133 e. The van der Waals surface area contributed by atoms with Crippen LogP contribution in [0, 0.1) is 5.92 Å². The van der Waals surface area contributed by atoms with E-state index in [1.54, 1.807) is 0 Å². The number of unbranched alkanes of at least 4 members (excludes halogenated alkanes) is 1. The molecule has 0 aromatic carbocycles. The summed E-state index contributed by atoms with van der Waals surface area (Å²) in [6.07, 6.45) is 11.0. The molecule has 0 aliphatic rings. The van der Waals surface area contributed by atoms with E-state index in [2.05, 4.69) is 31.0 Å². The molecule has 0 N–H and O–H groups in total. The van der Waals surface area contributed by atoms with Crippen molar-refractivity contribution in [3.05, 3.63) is 36.3 Å². The Labute approximate surface area is 82.4 Å². The fourth-order valence-corrected chi connectivity index (χ4v) is 1.20. The predicted molar refractivity (Wildman–Crippen MR) is 59.7 cm³/mol. The summed E-state index contributed by atoms with van der Waals surface area (Å²) in [4.78, 5) is 0. The van der Waals surface area contributed by atoms with E-state index in [4.69, 9.17) is 0 Å². The van der Waals surface area contributed by atoms with Crippen LogP contribution < -0.4 is 0 Å². The van der Waals surface area contributed by atoms with Gasteiger partial charge in [0.2, 0.25) is 0 Å². The molecule has 0 nitrogen and oxygen atoms in total. The molecule has 0 saturated carbocycles. The first-order valence-electron chi connectivity index (χ1n) is 5.06. The quantitative estimate of drug-likeness (QED) is 0.531. The average Bonchev–Trinajstić information content (AvgIpc) is 2.17. The van der Waals surface area contributed by atoms with Crippen LogP contribution in [0.5, 0.6) is 0 Å². The lowest BCUT2D eigenvalue weighted by atomic mass is 9.98. The van der Waals surface area contributed by atoms with Gasteiger partial charge in [0, 0.05) is 0 Å². The molecule has 0 aliphatic heterocycles. The van der Waals surface area contributed by atoms with E-state index in [-0.39, 0.29) is 0 Å². The van der Waals surface area contributed by atoms with Crippen molar-refractivity contribution in [2.75, 3.05) is 0 Å². The maximum Gasteiger partial charge on any atom is -0.0117 e. The maximum atomic E-state index is 3.57. The van der Waals surface area contributed by atoms with Crippen LogP contribution in [0.3, 0.4) is 0 Å². The highest BCUT2D eigenvalue weighted by molar-refractivity contribution is 4.92. The van der Waals surface area contributed by atoms with Gasteiger partial charge in [0.25, 0.3) is 0 Å². The van der Waals surface area contributed by atoms with E-state index >= 15 is 0 Å². The van der Waals surface area contributed by atoms with Gasteiger partial charge in [-0.1, -0.05) is 26.3 Å². The molecule has 0 radical (unpaired) electrons. The first-order valence-corrected chi connectivity index (χ1v) is 5.06. The zero-order chi connectivity index (χ0) is 9.94. The molecule has 0 saturated heterocycles. The molecule has 0 rings (SSSR count). The number of hydrogen-bond donors (Lipinski definition) is 0. The highest BCUT2D eigenvalue weighted by Crippen LogP contribution is 2.14. The van der Waals surface area contributed by atoms with Crippen molar-refractivity contribution in [1.82, 2.24) is 0 Å². The maximum absolute atomic E-state index is 3.57. The topological polar surface area (TPSA) is 0 Å². The van der Waals surface area contributed by atoms with Gasteiger partial charge in [0.05, 0.1) is 0 Å². The van der Waals surface area contributed by atoms with Crippen molar-refractivity contribution >= 4 is 0 Å². The largest absolute Gasteiger partial charge is 0.133 e. The van der Waals surface area contributed by atoms with Crippen molar-refractivity contribution in [3.8, 4) is 0 Å². The Morgan fingerprint density at radius 1 is 1.46 bits per heavy atom. The highest BCUT2D eigenvalue weighted by atomic mass is 14.0. The lowest BCUT2D eigenvalue weighted by Crippen LogP contribution is -1.93. The van der Waals surface area contributed by atoms with Gasteiger partial charge in [-0.05, 0) is 43.9 Å². The molecule has 0 heterocycles. The molecule has 1 atom stereocenters. The third-order valence-corrected chi connectivity index (χ3v) is 1.99. The van der Waals surface area contributed by atoms with Crippen molar-refractivity contribution in [3.63, 3.8) is 0 Å². The zero-order valence-corrected chi connectivity index (χ0v) is 8.84. The average molecular weight is 176 g/mol. The van der Waals surface area contributed by atoms with Crippen LogP contribution in [0.15, 0.2) is 36.3 Å². The van der Waals surface area contributed by atoms with Crippen LogP contribution in [0.4, 0.5) is 0 Å². The predicted octanol–water partition coefficient (Wildman–Crippen LogP) is 4.26. The summed E-state index contributed by atoms with van der Waals surface area (Å²) in [5, 5.41) is 0. The first-order chi connectivity index (χ1) is 6.35. The fourth-order valence-electron chi connectivity index (χ4n) is 1.20. The molecule has 0 spiro atoms. The molecular weight excluding hydrogens is 156 g/mol. The van der Waals surface area contributed by atoms with Crippen molar-refractivity contribution in [1.29, 1.82) is 0 Å². The number of allylic oxidation sites excluding steroid dienone is 2. The molecule has 0 amide bonds. The van der Waals surface area contributed by atoms with Gasteiger partial charge in [-0.25, -0.2) is 0 Å². The van der Waals surface area contributed by atoms with Crippen LogP contribution in [-0.4, -0.2) is 0 Å². The van der Waals surface area contributed by atoms with E-state index in [0.717, 1.165) is 6.42 Å². The Hall–Kier alpha value is -0.960. The summed E-state index contributed by atoms with van der Waals surface area (Å²) in [5.74, 6) is 0.616. The first kappa shape index (κ1) is 12.0. The Balaban J connectivity index is 4.01. The minimum atomic E-state index is 0.616. The van der Waals surface area contributed by atoms with Crippen LogP contribution in [-0.2, 0) is 0 Å². The van der Waals surface area contributed by atoms with Gasteiger partial charge in [-0.3, -0.25) is 0 Å². The Bertz CT molecular complexity index is 210. The molecule has 0 heteroatoms. The molecule has 1 unspecified atom stereocenters. The second-order valence-corrected chi connectivity index (χ2v) is 3.17. The normalized spacial score (nSPS) is 10.9. The summed E-state index contributed by atoms with van der Waals surface area (Å²) < 4.78 is 0. The second-order valence-electron chi connectivity index (χ2n) is 3.17. The third kappa shape index (κ3) is 7.40. The van der Waals surface area contributed by atoms with Crippen LogP contribution in [0.1, 0.15) is 39.5 Å². The van der Waals surface area contributed by atoms with Crippen LogP contribution >= 0.6 is 0 Å². The van der Waals surface area contributed by atoms with Gasteiger partial charge in [-0.15, -0.1) is 11.5 Å². The standard InChI is InChI=1S/C13H20/c1-4-7-10-13(11-8-5-2)12-9-6-3/h5,7,11,13H,1,6,9-10,12H2,2-3H3. The van der Waals surface area contributed by atoms with E-state index < -0.39 is 0 Å². The Morgan fingerprint density at radius 3 is 2.77 bits per heavy atom. The van der Waals surface area contributed by atoms with Crippen molar-refractivity contribution in [2.45, 2.75) is 39.5 Å². The number of rotatable bonds is 6. The van der Waals surface area contributed by atoms with Gasteiger partial charge in [0.15, 0.2) is 0 Å². The number of hydrogen-bond acceptors (Lipinski definition) is 0. The third-order valence-electron chi connectivity index (χ3n) is 1.99. The van der Waals surface area contributed by atoms with Crippen molar-refractivity contribution in [2.24, 2.45) is 5.92 Å². The highest BCUT2D eigenvalue weighted by Gasteiger charge is 2.00. The van der Waals surface area contributed by atoms with Gasteiger partial charge < -0.3 is 0 Å². The van der Waals surface area contributed by atoms with Gasteiger partial charge in [0.1, 0.15) is 0 Å². The molecule has 0 aromatic rings. The van der Waals surface area contributed by atoms with Crippen molar-refractivity contribution < 1.29 is 0 Å². The van der Waals surface area contributed by atoms with Gasteiger partial charge in [-0.2, -0.15) is 0 Å². The summed E-state index contributed by atoms with van der Waals surface area (Å²) in [7, 11) is 0. The monoisotopic (exact) mass is 176 g/mol. The van der Waals surface area contributed by atoms with E-state index in [9.17, 15) is 0 Å². The van der Waals surface area contributed by atoms with Crippen LogP contribution in [0.2, 0.25) is 0 Å². The lowest BCUT2D eigenvalue weighted by Gasteiger charge is -2.06. The molecule has 13 heavy (non-hydrogen) atoms. The van der Waals surface area contributed by atoms with E-state index in [1.807, 2.05) is 19.1 Å². The smallest absolute Gasteiger partial charge is 0.0117 e. The zero-order valence-electron chi connectivity index (χ0n) is 8.84. The molecule has 0 aliphatic carbocycles.